The van der Waals surface area contributed by atoms with E-state index in [0.717, 1.165) is 25.2 Å². The Morgan fingerprint density at radius 3 is 2.42 bits per heavy atom. The summed E-state index contributed by atoms with van der Waals surface area (Å²) in [6.45, 7) is 1.41. The van der Waals surface area contributed by atoms with Gasteiger partial charge < -0.3 is 15.3 Å². The lowest BCUT2D eigenvalue weighted by Crippen LogP contribution is -2.46. The Morgan fingerprint density at radius 1 is 1.04 bits per heavy atom. The molecule has 0 aromatic heterocycles. The van der Waals surface area contributed by atoms with Gasteiger partial charge in [0, 0.05) is 25.6 Å². The van der Waals surface area contributed by atoms with Crippen molar-refractivity contribution in [1.82, 2.24) is 10.2 Å². The zero-order valence-electron chi connectivity index (χ0n) is 15.5. The molecule has 0 spiro atoms. The van der Waals surface area contributed by atoms with Gasteiger partial charge in [-0.05, 0) is 37.3 Å². The fourth-order valence-corrected chi connectivity index (χ4v) is 4.16. The van der Waals surface area contributed by atoms with E-state index in [1.807, 2.05) is 4.90 Å². The van der Waals surface area contributed by atoms with Crippen molar-refractivity contribution in [3.8, 4) is 5.75 Å². The summed E-state index contributed by atoms with van der Waals surface area (Å²) < 4.78 is 0. The van der Waals surface area contributed by atoms with Crippen molar-refractivity contribution < 1.29 is 14.7 Å². The van der Waals surface area contributed by atoms with Crippen molar-refractivity contribution in [1.29, 1.82) is 0 Å². The first kappa shape index (κ1) is 18.7. The van der Waals surface area contributed by atoms with Gasteiger partial charge in [0.1, 0.15) is 5.75 Å². The molecule has 3 rings (SSSR count). The van der Waals surface area contributed by atoms with Crippen LogP contribution in [0.15, 0.2) is 24.3 Å². The second-order valence-corrected chi connectivity index (χ2v) is 7.69. The molecule has 0 bridgehead atoms. The van der Waals surface area contributed by atoms with Crippen LogP contribution in [-0.4, -0.2) is 41.0 Å². The summed E-state index contributed by atoms with van der Waals surface area (Å²) >= 11 is 0. The largest absolute Gasteiger partial charge is 0.507 e. The predicted octanol–water partition coefficient (Wildman–Crippen LogP) is 3.47. The highest BCUT2D eigenvalue weighted by Gasteiger charge is 2.25. The molecule has 2 N–H and O–H groups in total. The minimum atomic E-state index is -0.245. The molecule has 1 saturated carbocycles. The highest BCUT2D eigenvalue weighted by Crippen LogP contribution is 2.27. The van der Waals surface area contributed by atoms with Crippen LogP contribution in [-0.2, 0) is 4.79 Å². The average molecular weight is 358 g/mol. The molecule has 26 heavy (non-hydrogen) atoms. The fraction of sp³-hybridized carbons (Fsp3) is 0.619. The Labute approximate surface area is 155 Å². The van der Waals surface area contributed by atoms with E-state index in [2.05, 4.69) is 5.32 Å². The number of hydrogen-bond donors (Lipinski definition) is 2. The first-order valence-electron chi connectivity index (χ1n) is 10.00. The number of carbonyl (C=O) groups excluding carboxylic acids is 2. The molecule has 142 valence electrons. The number of benzene rings is 1. The highest BCUT2D eigenvalue weighted by atomic mass is 16.3. The Morgan fingerprint density at radius 2 is 1.73 bits per heavy atom. The Balaban J connectivity index is 1.40. The van der Waals surface area contributed by atoms with Gasteiger partial charge in [-0.15, -0.1) is 0 Å². The van der Waals surface area contributed by atoms with Crippen molar-refractivity contribution in [3.05, 3.63) is 29.8 Å². The molecule has 5 nitrogen and oxygen atoms in total. The maximum absolute atomic E-state index is 12.4. The lowest BCUT2D eigenvalue weighted by molar-refractivity contribution is -0.132. The number of rotatable bonds is 5. The smallest absolute Gasteiger partial charge is 0.255 e. The SMILES string of the molecule is O=C(NC1CCN(C(=O)CCC2CCCCC2)CC1)c1ccccc1O. The van der Waals surface area contributed by atoms with Crippen LogP contribution in [0.3, 0.4) is 0 Å². The molecule has 2 aliphatic rings. The van der Waals surface area contributed by atoms with Gasteiger partial charge in [-0.3, -0.25) is 9.59 Å². The number of likely N-dealkylation sites (tertiary alicyclic amines) is 1. The number of phenols is 1. The number of carbonyl (C=O) groups is 2. The third kappa shape index (κ3) is 4.99. The number of hydrogen-bond acceptors (Lipinski definition) is 3. The molecule has 2 fully saturated rings. The molecule has 1 saturated heterocycles. The first-order valence-corrected chi connectivity index (χ1v) is 10.00. The van der Waals surface area contributed by atoms with Crippen LogP contribution in [0, 0.1) is 5.92 Å². The van der Waals surface area contributed by atoms with Gasteiger partial charge in [-0.1, -0.05) is 44.2 Å². The van der Waals surface area contributed by atoms with E-state index >= 15 is 0 Å². The normalized spacial score (nSPS) is 19.3. The number of aromatic hydroxyl groups is 1. The van der Waals surface area contributed by atoms with E-state index in [1.54, 1.807) is 18.2 Å². The molecule has 0 radical (unpaired) electrons. The molecule has 0 atom stereocenters. The molecule has 1 aliphatic heterocycles. The van der Waals surface area contributed by atoms with E-state index < -0.39 is 0 Å². The van der Waals surface area contributed by atoms with Crippen molar-refractivity contribution >= 4 is 11.8 Å². The topological polar surface area (TPSA) is 69.6 Å². The monoisotopic (exact) mass is 358 g/mol. The summed E-state index contributed by atoms with van der Waals surface area (Å²) in [6, 6.07) is 6.63. The summed E-state index contributed by atoms with van der Waals surface area (Å²) in [7, 11) is 0. The van der Waals surface area contributed by atoms with Crippen LogP contribution in [0.25, 0.3) is 0 Å². The van der Waals surface area contributed by atoms with Gasteiger partial charge >= 0.3 is 0 Å². The summed E-state index contributed by atoms with van der Waals surface area (Å²) in [4.78, 5) is 26.7. The van der Waals surface area contributed by atoms with Crippen molar-refractivity contribution in [3.63, 3.8) is 0 Å². The summed E-state index contributed by atoms with van der Waals surface area (Å²) in [5.74, 6) is 0.759. The van der Waals surface area contributed by atoms with Crippen LogP contribution in [0.1, 0.15) is 68.1 Å². The van der Waals surface area contributed by atoms with Crippen LogP contribution in [0.5, 0.6) is 5.75 Å². The van der Waals surface area contributed by atoms with Crippen LogP contribution >= 0.6 is 0 Å². The van der Waals surface area contributed by atoms with Crippen LogP contribution < -0.4 is 5.32 Å². The molecular weight excluding hydrogens is 328 g/mol. The van der Waals surface area contributed by atoms with Gasteiger partial charge in [0.15, 0.2) is 0 Å². The third-order valence-electron chi connectivity index (χ3n) is 5.82. The average Bonchev–Trinajstić information content (AvgIpc) is 2.68. The van der Waals surface area contributed by atoms with Gasteiger partial charge in [-0.25, -0.2) is 0 Å². The third-order valence-corrected chi connectivity index (χ3v) is 5.82. The zero-order chi connectivity index (χ0) is 18.4. The summed E-state index contributed by atoms with van der Waals surface area (Å²) in [5, 5.41) is 12.8. The summed E-state index contributed by atoms with van der Waals surface area (Å²) in [6.07, 6.45) is 9.80. The number of piperidine rings is 1. The maximum atomic E-state index is 12.4. The maximum Gasteiger partial charge on any atom is 0.255 e. The number of amides is 2. The molecule has 1 aromatic carbocycles. The second kappa shape index (κ2) is 9.06. The lowest BCUT2D eigenvalue weighted by atomic mass is 9.86. The van der Waals surface area contributed by atoms with Gasteiger partial charge in [0.25, 0.3) is 5.91 Å². The molecule has 2 amide bonds. The van der Waals surface area contributed by atoms with E-state index in [9.17, 15) is 14.7 Å². The van der Waals surface area contributed by atoms with E-state index in [1.165, 1.54) is 38.2 Å². The fourth-order valence-electron chi connectivity index (χ4n) is 4.16. The predicted molar refractivity (Wildman–Crippen MR) is 101 cm³/mol. The minimum absolute atomic E-state index is 0.000302. The van der Waals surface area contributed by atoms with E-state index in [0.29, 0.717) is 25.1 Å². The Kier molecular flexibility index (Phi) is 6.53. The highest BCUT2D eigenvalue weighted by molar-refractivity contribution is 5.96. The first-order chi connectivity index (χ1) is 12.6. The van der Waals surface area contributed by atoms with Crippen LogP contribution in [0.4, 0.5) is 0 Å². The molecule has 1 heterocycles. The molecule has 1 aromatic rings. The minimum Gasteiger partial charge on any atom is -0.507 e. The van der Waals surface area contributed by atoms with E-state index in [4.69, 9.17) is 0 Å². The van der Waals surface area contributed by atoms with Crippen molar-refractivity contribution in [2.75, 3.05) is 13.1 Å². The molecule has 1 aliphatic carbocycles. The number of para-hydroxylation sites is 1. The molecule has 5 heteroatoms. The van der Waals surface area contributed by atoms with Crippen molar-refractivity contribution in [2.24, 2.45) is 5.92 Å². The number of phenolic OH excluding ortho intramolecular Hbond substituents is 1. The summed E-state index contributed by atoms with van der Waals surface area (Å²) in [5.41, 5.74) is 0.304. The van der Waals surface area contributed by atoms with Crippen LogP contribution in [0.2, 0.25) is 0 Å². The van der Waals surface area contributed by atoms with Crippen molar-refractivity contribution in [2.45, 2.75) is 63.8 Å². The van der Waals surface area contributed by atoms with E-state index in [-0.39, 0.29) is 23.6 Å². The Hall–Kier alpha value is -2.04. The molecule has 0 unspecified atom stereocenters. The molecular formula is C21H30N2O3. The number of nitrogens with zero attached hydrogens (tertiary/aromatic N) is 1. The standard InChI is InChI=1S/C21H30N2O3/c24-19-9-5-4-8-18(19)21(26)22-17-12-14-23(15-13-17)20(25)11-10-16-6-2-1-3-7-16/h4-5,8-9,16-17,24H,1-3,6-7,10-15H2,(H,22,26). The zero-order valence-corrected chi connectivity index (χ0v) is 15.5. The van der Waals surface area contributed by atoms with Gasteiger partial charge in [0.05, 0.1) is 5.56 Å². The van der Waals surface area contributed by atoms with Gasteiger partial charge in [0.2, 0.25) is 5.91 Å². The Bertz CT molecular complexity index is 617. The van der Waals surface area contributed by atoms with Gasteiger partial charge in [-0.2, -0.15) is 0 Å². The quantitative estimate of drug-likeness (QED) is 0.847. The second-order valence-electron chi connectivity index (χ2n) is 7.69. The number of nitrogens with one attached hydrogen (secondary N) is 1. The lowest BCUT2D eigenvalue weighted by Gasteiger charge is -2.33.